The monoisotopic (exact) mass is 371 g/mol. The van der Waals surface area contributed by atoms with E-state index in [1.807, 2.05) is 12.1 Å². The molecule has 1 aliphatic carbocycles. The van der Waals surface area contributed by atoms with Gasteiger partial charge in [-0.1, -0.05) is 18.2 Å². The Balaban J connectivity index is 1.37. The van der Waals surface area contributed by atoms with Gasteiger partial charge in [-0.05, 0) is 37.7 Å². The zero-order chi connectivity index (χ0) is 18.2. The van der Waals surface area contributed by atoms with E-state index in [1.54, 1.807) is 0 Å². The van der Waals surface area contributed by atoms with E-state index < -0.39 is 0 Å². The molecule has 0 aromatic heterocycles. The Kier molecular flexibility index (Phi) is 4.82. The molecule has 1 aromatic rings. The first-order valence-corrected chi connectivity index (χ1v) is 10.5. The van der Waals surface area contributed by atoms with Crippen molar-refractivity contribution in [3.63, 3.8) is 0 Å². The van der Waals surface area contributed by atoms with E-state index >= 15 is 0 Å². The van der Waals surface area contributed by atoms with Crippen molar-refractivity contribution in [2.45, 2.75) is 31.7 Å². The molecule has 3 fully saturated rings. The quantitative estimate of drug-likeness (QED) is 0.798. The summed E-state index contributed by atoms with van der Waals surface area (Å²) in [6.07, 6.45) is 4.30. The minimum absolute atomic E-state index is 0.0977. The summed E-state index contributed by atoms with van der Waals surface area (Å²) in [5.74, 6) is 2.78. The number of para-hydroxylation sites is 1. The summed E-state index contributed by atoms with van der Waals surface area (Å²) in [5.41, 5.74) is 1.17. The molecular formula is C22H29NO4. The van der Waals surface area contributed by atoms with Crippen LogP contribution >= 0.6 is 0 Å². The second kappa shape index (κ2) is 7.44. The van der Waals surface area contributed by atoms with Crippen molar-refractivity contribution < 1.29 is 19.0 Å². The lowest BCUT2D eigenvalue weighted by molar-refractivity contribution is -0.140. The lowest BCUT2D eigenvalue weighted by Crippen LogP contribution is -2.40. The van der Waals surface area contributed by atoms with Gasteiger partial charge in [-0.15, -0.1) is 0 Å². The van der Waals surface area contributed by atoms with Crippen LogP contribution in [-0.2, 0) is 14.3 Å². The van der Waals surface area contributed by atoms with E-state index in [9.17, 15) is 4.79 Å². The van der Waals surface area contributed by atoms with Crippen LogP contribution in [0, 0.1) is 23.7 Å². The number of nitrogens with zero attached hydrogens (tertiary/aromatic N) is 1. The number of amides is 1. The minimum Gasteiger partial charge on any atom is -0.493 e. The smallest absolute Gasteiger partial charge is 0.226 e. The zero-order valence-corrected chi connectivity index (χ0v) is 15.8. The van der Waals surface area contributed by atoms with Crippen LogP contribution in [0.4, 0.5) is 0 Å². The molecule has 0 spiro atoms. The number of benzene rings is 1. The Morgan fingerprint density at radius 1 is 1.11 bits per heavy atom. The Morgan fingerprint density at radius 2 is 1.93 bits per heavy atom. The van der Waals surface area contributed by atoms with Crippen LogP contribution in [0.25, 0.3) is 0 Å². The third-order valence-electron chi connectivity index (χ3n) is 6.68. The third-order valence-corrected chi connectivity index (χ3v) is 6.68. The van der Waals surface area contributed by atoms with Crippen LogP contribution in [0.15, 0.2) is 24.3 Å². The van der Waals surface area contributed by atoms with E-state index in [0.29, 0.717) is 37.6 Å². The standard InChI is InChI=1S/C22H29NO4/c24-22(16-7-9-25-10-8-16)23-11-17(13-26-12-15-5-6-15)19-14-27-20-4-2-1-3-18(20)21(19)23/h1-4,15-17,19,21H,5-14H2/t17-,19-,21-/m0/s1. The topological polar surface area (TPSA) is 48.0 Å². The average molecular weight is 371 g/mol. The van der Waals surface area contributed by atoms with Crippen LogP contribution in [0.3, 0.4) is 0 Å². The molecule has 146 valence electrons. The van der Waals surface area contributed by atoms with E-state index in [-0.39, 0.29) is 12.0 Å². The third kappa shape index (κ3) is 3.47. The van der Waals surface area contributed by atoms with Gasteiger partial charge in [-0.25, -0.2) is 0 Å². The first-order valence-electron chi connectivity index (χ1n) is 10.5. The van der Waals surface area contributed by atoms with E-state index in [0.717, 1.165) is 44.3 Å². The van der Waals surface area contributed by atoms with Crippen LogP contribution in [0.5, 0.6) is 5.75 Å². The lowest BCUT2D eigenvalue weighted by atomic mass is 9.85. The summed E-state index contributed by atoms with van der Waals surface area (Å²) in [4.78, 5) is 15.5. The lowest BCUT2D eigenvalue weighted by Gasteiger charge is -2.36. The van der Waals surface area contributed by atoms with Crippen molar-refractivity contribution in [1.29, 1.82) is 0 Å². The maximum atomic E-state index is 13.4. The van der Waals surface area contributed by atoms with Gasteiger partial charge in [-0.2, -0.15) is 0 Å². The van der Waals surface area contributed by atoms with Crippen molar-refractivity contribution in [2.24, 2.45) is 23.7 Å². The number of carbonyl (C=O) groups is 1. The first kappa shape index (κ1) is 17.5. The maximum Gasteiger partial charge on any atom is 0.226 e. The average Bonchev–Trinajstić information content (AvgIpc) is 3.47. The molecule has 0 bridgehead atoms. The summed E-state index contributed by atoms with van der Waals surface area (Å²) in [5, 5.41) is 0. The highest BCUT2D eigenvalue weighted by Gasteiger charge is 2.49. The van der Waals surface area contributed by atoms with Gasteiger partial charge in [0.1, 0.15) is 5.75 Å². The van der Waals surface area contributed by atoms with E-state index in [2.05, 4.69) is 17.0 Å². The first-order chi connectivity index (χ1) is 13.3. The fourth-order valence-electron chi connectivity index (χ4n) is 4.91. The largest absolute Gasteiger partial charge is 0.493 e. The summed E-state index contributed by atoms with van der Waals surface area (Å²) >= 11 is 0. The number of fused-ring (bicyclic) bond motifs is 3. The molecule has 1 aromatic carbocycles. The van der Waals surface area contributed by atoms with Crippen molar-refractivity contribution in [3.05, 3.63) is 29.8 Å². The number of likely N-dealkylation sites (tertiary alicyclic amines) is 1. The molecule has 27 heavy (non-hydrogen) atoms. The summed E-state index contributed by atoms with van der Waals surface area (Å²) in [6.45, 7) is 4.47. The Labute approximate surface area is 161 Å². The zero-order valence-electron chi connectivity index (χ0n) is 15.8. The Morgan fingerprint density at radius 3 is 2.74 bits per heavy atom. The summed E-state index contributed by atoms with van der Waals surface area (Å²) in [7, 11) is 0. The predicted molar refractivity (Wildman–Crippen MR) is 100 cm³/mol. The molecule has 5 nitrogen and oxygen atoms in total. The van der Waals surface area contributed by atoms with E-state index in [1.165, 1.54) is 18.4 Å². The van der Waals surface area contributed by atoms with Crippen molar-refractivity contribution >= 4 is 5.91 Å². The molecule has 1 saturated carbocycles. The summed E-state index contributed by atoms with van der Waals surface area (Å²) in [6, 6.07) is 8.34. The second-order valence-corrected chi connectivity index (χ2v) is 8.58. The minimum atomic E-state index is 0.0977. The molecule has 1 amide bonds. The fraction of sp³-hybridized carbons (Fsp3) is 0.682. The number of hydrogen-bond donors (Lipinski definition) is 0. The van der Waals surface area contributed by atoms with Crippen LogP contribution in [-0.4, -0.2) is 50.4 Å². The van der Waals surface area contributed by atoms with Gasteiger partial charge in [-0.3, -0.25) is 4.79 Å². The second-order valence-electron chi connectivity index (χ2n) is 8.58. The predicted octanol–water partition coefficient (Wildman–Crippen LogP) is 3.05. The van der Waals surface area contributed by atoms with Gasteiger partial charge in [0.25, 0.3) is 0 Å². The van der Waals surface area contributed by atoms with Crippen molar-refractivity contribution in [2.75, 3.05) is 39.6 Å². The SMILES string of the molecule is O=C(C1CCOCC1)N1C[C@@H](COCC2CC2)[C@@H]2COc3ccccc3[C@@H]21. The normalized spacial score (nSPS) is 30.5. The molecule has 3 aliphatic heterocycles. The van der Waals surface area contributed by atoms with Crippen LogP contribution in [0.1, 0.15) is 37.3 Å². The molecule has 5 rings (SSSR count). The Bertz CT molecular complexity index is 683. The summed E-state index contributed by atoms with van der Waals surface area (Å²) < 4.78 is 17.6. The molecule has 2 saturated heterocycles. The number of hydrogen-bond acceptors (Lipinski definition) is 4. The van der Waals surface area contributed by atoms with Gasteiger partial charge in [0.15, 0.2) is 0 Å². The number of rotatable bonds is 5. The van der Waals surface area contributed by atoms with Gasteiger partial charge < -0.3 is 19.1 Å². The van der Waals surface area contributed by atoms with Crippen LogP contribution in [0.2, 0.25) is 0 Å². The van der Waals surface area contributed by atoms with Gasteiger partial charge in [0.2, 0.25) is 5.91 Å². The molecule has 4 aliphatic rings. The molecule has 0 N–H and O–H groups in total. The van der Waals surface area contributed by atoms with Crippen LogP contribution < -0.4 is 4.74 Å². The van der Waals surface area contributed by atoms with Gasteiger partial charge in [0, 0.05) is 49.7 Å². The molecule has 3 heterocycles. The molecule has 0 radical (unpaired) electrons. The van der Waals surface area contributed by atoms with E-state index in [4.69, 9.17) is 14.2 Å². The maximum absolute atomic E-state index is 13.4. The van der Waals surface area contributed by atoms with Gasteiger partial charge in [0.05, 0.1) is 19.3 Å². The highest BCUT2D eigenvalue weighted by molar-refractivity contribution is 5.80. The van der Waals surface area contributed by atoms with Crippen molar-refractivity contribution in [1.82, 2.24) is 4.90 Å². The fourth-order valence-corrected chi connectivity index (χ4v) is 4.91. The molecule has 0 unspecified atom stereocenters. The number of carbonyl (C=O) groups excluding carboxylic acids is 1. The molecular weight excluding hydrogens is 342 g/mol. The Hall–Kier alpha value is -1.59. The van der Waals surface area contributed by atoms with Crippen molar-refractivity contribution in [3.8, 4) is 5.75 Å². The molecule has 3 atom stereocenters. The number of ether oxygens (including phenoxy) is 3. The van der Waals surface area contributed by atoms with Gasteiger partial charge >= 0.3 is 0 Å². The highest BCUT2D eigenvalue weighted by atomic mass is 16.5. The molecule has 5 heteroatoms. The highest BCUT2D eigenvalue weighted by Crippen LogP contribution is 2.48.